The molecule has 0 saturated heterocycles. The minimum absolute atomic E-state index is 0.0349. The van der Waals surface area contributed by atoms with Crippen molar-refractivity contribution in [2.24, 2.45) is 7.05 Å². The van der Waals surface area contributed by atoms with Gasteiger partial charge in [-0.2, -0.15) is 26.3 Å². The van der Waals surface area contributed by atoms with Gasteiger partial charge in [-0.1, -0.05) is 43.3 Å². The molecular formula is C34H26F8N4O4. The first-order valence-electron chi connectivity index (χ1n) is 14.9. The molecule has 0 radical (unpaired) electrons. The van der Waals surface area contributed by atoms with Crippen LogP contribution in [0.1, 0.15) is 34.8 Å². The Morgan fingerprint density at radius 1 is 0.940 bits per heavy atom. The number of rotatable bonds is 9. The zero-order valence-corrected chi connectivity index (χ0v) is 26.0. The van der Waals surface area contributed by atoms with E-state index < -0.39 is 88.7 Å². The molecule has 2 atom stereocenters. The number of carbonyl (C=O) groups is 2. The number of aromatic nitrogens is 2. The van der Waals surface area contributed by atoms with Gasteiger partial charge in [0.1, 0.15) is 29.3 Å². The molecule has 2 heterocycles. The SMILES string of the molecule is CCC(Nc1cc(F)c(C(=O)NC(Cc2ccc(-c3c(C(F)(F)F)c4ccccc4n(C)c3=O)c3ncccc23)C(=O)O)c(F)c1)C(F)(F)F. The number of pyridine rings is 2. The lowest BCUT2D eigenvalue weighted by Crippen LogP contribution is -2.43. The highest BCUT2D eigenvalue weighted by molar-refractivity contribution is 6.00. The van der Waals surface area contributed by atoms with E-state index in [9.17, 15) is 54.6 Å². The van der Waals surface area contributed by atoms with E-state index in [1.165, 1.54) is 68.7 Å². The number of anilines is 1. The number of hydrogen-bond donors (Lipinski definition) is 3. The number of hydrogen-bond acceptors (Lipinski definition) is 5. The molecular weight excluding hydrogens is 680 g/mol. The van der Waals surface area contributed by atoms with Crippen LogP contribution in [0.3, 0.4) is 0 Å². The van der Waals surface area contributed by atoms with E-state index >= 15 is 0 Å². The number of aliphatic carboxylic acids is 1. The van der Waals surface area contributed by atoms with Crippen LogP contribution in [0.15, 0.2) is 71.7 Å². The molecule has 0 fully saturated rings. The number of alkyl halides is 6. The predicted molar refractivity (Wildman–Crippen MR) is 168 cm³/mol. The predicted octanol–water partition coefficient (Wildman–Crippen LogP) is 7.23. The molecule has 0 bridgehead atoms. The molecule has 5 aromatic rings. The molecule has 2 unspecified atom stereocenters. The van der Waals surface area contributed by atoms with E-state index in [4.69, 9.17) is 0 Å². The monoisotopic (exact) mass is 706 g/mol. The normalized spacial score (nSPS) is 13.3. The Morgan fingerprint density at radius 3 is 2.18 bits per heavy atom. The average molecular weight is 707 g/mol. The second kappa shape index (κ2) is 13.4. The molecule has 0 aliphatic heterocycles. The highest BCUT2D eigenvalue weighted by atomic mass is 19.4. The molecule has 0 aliphatic carbocycles. The molecule has 5 rings (SSSR count). The maximum atomic E-state index is 14.9. The van der Waals surface area contributed by atoms with Crippen LogP contribution in [0.5, 0.6) is 0 Å². The van der Waals surface area contributed by atoms with Gasteiger partial charge >= 0.3 is 18.3 Å². The number of carboxylic acids is 1. The van der Waals surface area contributed by atoms with Crippen LogP contribution in [-0.2, 0) is 24.4 Å². The molecule has 0 aliphatic rings. The van der Waals surface area contributed by atoms with Crippen LogP contribution < -0.4 is 16.2 Å². The van der Waals surface area contributed by atoms with Gasteiger partial charge in [0.25, 0.3) is 11.5 Å². The summed E-state index contributed by atoms with van der Waals surface area (Å²) in [4.78, 5) is 42.9. The summed E-state index contributed by atoms with van der Waals surface area (Å²) >= 11 is 0. The number of amides is 1. The van der Waals surface area contributed by atoms with Crippen LogP contribution >= 0.6 is 0 Å². The summed E-state index contributed by atoms with van der Waals surface area (Å²) in [6.07, 6.45) is -9.49. The number of nitrogens with one attached hydrogen (secondary N) is 2. The van der Waals surface area contributed by atoms with Crippen molar-refractivity contribution < 1.29 is 49.8 Å². The standard InChI is InChI=1S/C34H26F8N4O4/c1-3-25(33(37,38)39)44-17-14-21(35)27(22(36)15-17)30(47)45-23(32(49)50)13-16-10-11-20(29-18(16)8-6-12-43-29)26-28(34(40,41)42)19-7-4-5-9-24(19)46(2)31(26)48/h4-12,14-15,23,25,44H,3,13H2,1-2H3,(H,45,47)(H,49,50). The van der Waals surface area contributed by atoms with Crippen molar-refractivity contribution in [3.63, 3.8) is 0 Å². The summed E-state index contributed by atoms with van der Waals surface area (Å²) in [5, 5.41) is 13.7. The van der Waals surface area contributed by atoms with Crippen molar-refractivity contribution in [1.82, 2.24) is 14.9 Å². The molecule has 262 valence electrons. The largest absolute Gasteiger partial charge is 0.480 e. The summed E-state index contributed by atoms with van der Waals surface area (Å²) < 4.78 is 114. The Labute approximate surface area is 277 Å². The second-order valence-electron chi connectivity index (χ2n) is 11.3. The molecule has 3 N–H and O–H groups in total. The highest BCUT2D eigenvalue weighted by Crippen LogP contribution is 2.42. The van der Waals surface area contributed by atoms with Gasteiger partial charge in [-0.05, 0) is 36.2 Å². The van der Waals surface area contributed by atoms with Crippen LogP contribution in [-0.4, -0.2) is 44.8 Å². The fourth-order valence-corrected chi connectivity index (χ4v) is 5.79. The zero-order chi connectivity index (χ0) is 36.7. The first-order valence-corrected chi connectivity index (χ1v) is 14.9. The Kier molecular flexibility index (Phi) is 9.59. The number of para-hydroxylation sites is 1. The number of fused-ring (bicyclic) bond motifs is 2. The number of carbonyl (C=O) groups excluding carboxylic acids is 1. The van der Waals surface area contributed by atoms with Gasteiger partial charge in [0.15, 0.2) is 0 Å². The van der Waals surface area contributed by atoms with Crippen molar-refractivity contribution >= 4 is 39.4 Å². The van der Waals surface area contributed by atoms with Gasteiger partial charge in [0.2, 0.25) is 0 Å². The quantitative estimate of drug-likeness (QED) is 0.140. The number of nitrogens with zero attached hydrogens (tertiary/aromatic N) is 2. The third-order valence-electron chi connectivity index (χ3n) is 8.16. The zero-order valence-electron chi connectivity index (χ0n) is 26.0. The Morgan fingerprint density at radius 2 is 1.58 bits per heavy atom. The molecule has 50 heavy (non-hydrogen) atoms. The van der Waals surface area contributed by atoms with Crippen LogP contribution in [0, 0.1) is 11.6 Å². The lowest BCUT2D eigenvalue weighted by molar-refractivity contribution is -0.143. The lowest BCUT2D eigenvalue weighted by atomic mass is 9.91. The van der Waals surface area contributed by atoms with Crippen molar-refractivity contribution in [2.45, 2.75) is 44.2 Å². The molecule has 0 spiro atoms. The van der Waals surface area contributed by atoms with Crippen molar-refractivity contribution in [3.05, 3.63) is 106 Å². The van der Waals surface area contributed by atoms with Gasteiger partial charge < -0.3 is 20.3 Å². The van der Waals surface area contributed by atoms with E-state index in [0.29, 0.717) is 12.1 Å². The molecule has 1 amide bonds. The van der Waals surface area contributed by atoms with Gasteiger partial charge in [-0.15, -0.1) is 0 Å². The van der Waals surface area contributed by atoms with Gasteiger partial charge in [-0.25, -0.2) is 13.6 Å². The molecule has 2 aromatic heterocycles. The Balaban J connectivity index is 1.53. The summed E-state index contributed by atoms with van der Waals surface area (Å²) in [5.41, 5.74) is -4.85. The fraction of sp³-hybridized carbons (Fsp3) is 0.235. The van der Waals surface area contributed by atoms with Crippen molar-refractivity contribution in [3.8, 4) is 11.1 Å². The van der Waals surface area contributed by atoms with Crippen LogP contribution in [0.4, 0.5) is 40.8 Å². The van der Waals surface area contributed by atoms with E-state index in [2.05, 4.69) is 4.98 Å². The van der Waals surface area contributed by atoms with Crippen LogP contribution in [0.2, 0.25) is 0 Å². The van der Waals surface area contributed by atoms with Gasteiger partial charge in [0.05, 0.1) is 22.2 Å². The smallest absolute Gasteiger partial charge is 0.417 e. The van der Waals surface area contributed by atoms with Crippen molar-refractivity contribution in [2.75, 3.05) is 5.32 Å². The third-order valence-corrected chi connectivity index (χ3v) is 8.16. The van der Waals surface area contributed by atoms with Gasteiger partial charge in [0, 0.05) is 41.7 Å². The van der Waals surface area contributed by atoms with Gasteiger partial charge in [-0.3, -0.25) is 14.6 Å². The summed E-state index contributed by atoms with van der Waals surface area (Å²) in [7, 11) is 1.32. The molecule has 16 heteroatoms. The Bertz CT molecular complexity index is 2170. The topological polar surface area (TPSA) is 113 Å². The summed E-state index contributed by atoms with van der Waals surface area (Å²) in [6.45, 7) is 1.20. The van der Waals surface area contributed by atoms with Crippen molar-refractivity contribution in [1.29, 1.82) is 0 Å². The van der Waals surface area contributed by atoms with E-state index in [-0.39, 0.29) is 32.9 Å². The molecule has 8 nitrogen and oxygen atoms in total. The second-order valence-corrected chi connectivity index (χ2v) is 11.3. The summed E-state index contributed by atoms with van der Waals surface area (Å²) in [5.74, 6) is -6.32. The fourth-order valence-electron chi connectivity index (χ4n) is 5.79. The first-order chi connectivity index (χ1) is 23.4. The molecule has 0 saturated carbocycles. The minimum atomic E-state index is -4.98. The number of benzene rings is 3. The van der Waals surface area contributed by atoms with E-state index in [1.54, 1.807) is 0 Å². The first kappa shape index (κ1) is 35.8. The number of carboxylic acid groups (broad SMARTS) is 1. The summed E-state index contributed by atoms with van der Waals surface area (Å²) in [6, 6.07) is 7.65. The highest BCUT2D eigenvalue weighted by Gasteiger charge is 2.40. The molecule has 3 aromatic carbocycles. The van der Waals surface area contributed by atoms with E-state index in [1.807, 2.05) is 10.6 Å². The minimum Gasteiger partial charge on any atom is -0.480 e. The maximum Gasteiger partial charge on any atom is 0.417 e. The number of halogens is 8. The maximum absolute atomic E-state index is 14.9. The lowest BCUT2D eigenvalue weighted by Gasteiger charge is -2.22. The number of aryl methyl sites for hydroxylation is 1. The third kappa shape index (κ3) is 6.82. The Hall–Kier alpha value is -5.54. The van der Waals surface area contributed by atoms with Crippen LogP contribution in [0.25, 0.3) is 32.9 Å². The average Bonchev–Trinajstić information content (AvgIpc) is 3.03. The van der Waals surface area contributed by atoms with E-state index in [0.717, 1.165) is 4.57 Å².